The third-order valence-electron chi connectivity index (χ3n) is 3.88. The van der Waals surface area contributed by atoms with Gasteiger partial charge in [0, 0.05) is 32.6 Å². The maximum Gasteiger partial charge on any atom is 0.236 e. The van der Waals surface area contributed by atoms with E-state index in [0.29, 0.717) is 32.6 Å². The molecule has 20 heavy (non-hydrogen) atoms. The Kier molecular flexibility index (Phi) is 5.38. The summed E-state index contributed by atoms with van der Waals surface area (Å²) in [6.45, 7) is 7.48. The lowest BCUT2D eigenvalue weighted by Gasteiger charge is -2.36. The fourth-order valence-electron chi connectivity index (χ4n) is 2.78. The maximum atomic E-state index is 12.4. The van der Waals surface area contributed by atoms with Crippen molar-refractivity contribution in [1.29, 1.82) is 5.26 Å². The van der Waals surface area contributed by atoms with Gasteiger partial charge in [-0.1, -0.05) is 0 Å². The molecule has 2 atom stereocenters. The molecule has 1 saturated heterocycles. The van der Waals surface area contributed by atoms with Crippen molar-refractivity contribution in [3.8, 4) is 6.07 Å². The third kappa shape index (κ3) is 4.77. The SMILES string of the molecule is C[C@@H]1CN(C(=O)CN(CCC#N)CC2CC2)C[C@H](C)O1. The zero-order chi connectivity index (χ0) is 14.5. The average molecular weight is 279 g/mol. The Bertz CT molecular complexity index is 366. The van der Waals surface area contributed by atoms with Crippen molar-refractivity contribution in [3.63, 3.8) is 0 Å². The number of ether oxygens (including phenoxy) is 1. The minimum atomic E-state index is 0.110. The summed E-state index contributed by atoms with van der Waals surface area (Å²) in [6.07, 6.45) is 3.25. The Morgan fingerprint density at radius 1 is 1.35 bits per heavy atom. The topological polar surface area (TPSA) is 56.6 Å². The van der Waals surface area contributed by atoms with Crippen LogP contribution >= 0.6 is 0 Å². The van der Waals surface area contributed by atoms with Crippen molar-refractivity contribution >= 4 is 5.91 Å². The molecule has 1 heterocycles. The van der Waals surface area contributed by atoms with Crippen molar-refractivity contribution in [2.45, 2.75) is 45.3 Å². The van der Waals surface area contributed by atoms with Gasteiger partial charge in [0.15, 0.2) is 0 Å². The van der Waals surface area contributed by atoms with Gasteiger partial charge >= 0.3 is 0 Å². The van der Waals surface area contributed by atoms with Crippen LogP contribution in [0.5, 0.6) is 0 Å². The van der Waals surface area contributed by atoms with Gasteiger partial charge in [-0.25, -0.2) is 0 Å². The highest BCUT2D eigenvalue weighted by atomic mass is 16.5. The van der Waals surface area contributed by atoms with Crippen LogP contribution in [0.1, 0.15) is 33.1 Å². The number of carbonyl (C=O) groups excluding carboxylic acids is 1. The summed E-state index contributed by atoms with van der Waals surface area (Å²) in [6, 6.07) is 2.17. The predicted octanol–water partition coefficient (Wildman–Crippen LogP) is 1.25. The van der Waals surface area contributed by atoms with Gasteiger partial charge in [-0.15, -0.1) is 0 Å². The van der Waals surface area contributed by atoms with Crippen LogP contribution in [0.25, 0.3) is 0 Å². The number of hydrogen-bond acceptors (Lipinski definition) is 4. The minimum absolute atomic E-state index is 0.110. The van der Waals surface area contributed by atoms with E-state index >= 15 is 0 Å². The maximum absolute atomic E-state index is 12.4. The molecule has 1 amide bonds. The fourth-order valence-corrected chi connectivity index (χ4v) is 2.78. The Hall–Kier alpha value is -1.12. The van der Waals surface area contributed by atoms with Crippen LogP contribution in [0.2, 0.25) is 0 Å². The van der Waals surface area contributed by atoms with Gasteiger partial charge < -0.3 is 9.64 Å². The molecule has 1 aliphatic carbocycles. The lowest BCUT2D eigenvalue weighted by atomic mass is 10.2. The van der Waals surface area contributed by atoms with Crippen LogP contribution in [0, 0.1) is 17.2 Å². The van der Waals surface area contributed by atoms with E-state index in [-0.39, 0.29) is 18.1 Å². The Morgan fingerprint density at radius 2 is 2.00 bits per heavy atom. The van der Waals surface area contributed by atoms with E-state index in [4.69, 9.17) is 10.00 Å². The van der Waals surface area contributed by atoms with Gasteiger partial charge in [0.2, 0.25) is 5.91 Å². The number of nitrogens with zero attached hydrogens (tertiary/aromatic N) is 3. The molecule has 1 saturated carbocycles. The van der Waals surface area contributed by atoms with Crippen LogP contribution in [0.4, 0.5) is 0 Å². The van der Waals surface area contributed by atoms with Gasteiger partial charge in [-0.3, -0.25) is 9.69 Å². The second kappa shape index (κ2) is 7.05. The molecule has 2 rings (SSSR count). The molecule has 0 aromatic rings. The lowest BCUT2D eigenvalue weighted by Crippen LogP contribution is -2.51. The van der Waals surface area contributed by atoms with Crippen LogP contribution in [0.15, 0.2) is 0 Å². The van der Waals surface area contributed by atoms with Crippen LogP contribution < -0.4 is 0 Å². The first-order valence-corrected chi connectivity index (χ1v) is 7.61. The highest BCUT2D eigenvalue weighted by Gasteiger charge is 2.29. The molecule has 2 aliphatic rings. The standard InChI is InChI=1S/C15H25N3O2/c1-12-8-18(9-13(2)20-12)15(19)11-17(7-3-6-16)10-14-4-5-14/h12-14H,3-5,7-11H2,1-2H3/t12-,13+. The average Bonchev–Trinajstić information content (AvgIpc) is 3.18. The summed E-state index contributed by atoms with van der Waals surface area (Å²) >= 11 is 0. The molecule has 112 valence electrons. The Morgan fingerprint density at radius 3 is 2.55 bits per heavy atom. The van der Waals surface area contributed by atoms with E-state index in [2.05, 4.69) is 11.0 Å². The van der Waals surface area contributed by atoms with Crippen LogP contribution in [-0.4, -0.2) is 60.6 Å². The molecule has 2 fully saturated rings. The second-order valence-electron chi connectivity index (χ2n) is 6.14. The van der Waals surface area contributed by atoms with Crippen molar-refractivity contribution in [1.82, 2.24) is 9.80 Å². The normalized spacial score (nSPS) is 26.6. The third-order valence-corrected chi connectivity index (χ3v) is 3.88. The number of hydrogen-bond donors (Lipinski definition) is 0. The number of carbonyl (C=O) groups is 1. The molecule has 0 spiro atoms. The van der Waals surface area contributed by atoms with Crippen LogP contribution in [0.3, 0.4) is 0 Å². The van der Waals surface area contributed by atoms with Gasteiger partial charge in [0.05, 0.1) is 24.8 Å². The minimum Gasteiger partial charge on any atom is -0.372 e. The molecule has 0 aromatic carbocycles. The Labute approximate surface area is 121 Å². The molecule has 0 N–H and O–H groups in total. The molecule has 5 heteroatoms. The molecule has 0 aromatic heterocycles. The molecular formula is C15H25N3O2. The molecule has 5 nitrogen and oxygen atoms in total. The Balaban J connectivity index is 1.84. The fraction of sp³-hybridized carbons (Fsp3) is 0.867. The van der Waals surface area contributed by atoms with E-state index in [0.717, 1.165) is 12.5 Å². The van der Waals surface area contributed by atoms with Crippen molar-refractivity contribution in [3.05, 3.63) is 0 Å². The number of morpholine rings is 1. The molecule has 0 unspecified atom stereocenters. The summed E-state index contributed by atoms with van der Waals surface area (Å²) in [5.41, 5.74) is 0. The lowest BCUT2D eigenvalue weighted by molar-refractivity contribution is -0.144. The second-order valence-corrected chi connectivity index (χ2v) is 6.14. The van der Waals surface area contributed by atoms with E-state index < -0.39 is 0 Å². The summed E-state index contributed by atoms with van der Waals surface area (Å²) in [5.74, 6) is 0.912. The van der Waals surface area contributed by atoms with Crippen LogP contribution in [-0.2, 0) is 9.53 Å². The van der Waals surface area contributed by atoms with Gasteiger partial charge in [0.25, 0.3) is 0 Å². The summed E-state index contributed by atoms with van der Waals surface area (Å²) in [4.78, 5) is 16.5. The van der Waals surface area contributed by atoms with E-state index in [1.807, 2.05) is 18.7 Å². The van der Waals surface area contributed by atoms with Gasteiger partial charge in [-0.2, -0.15) is 5.26 Å². The van der Waals surface area contributed by atoms with Gasteiger partial charge in [-0.05, 0) is 32.6 Å². The summed E-state index contributed by atoms with van der Waals surface area (Å²) in [5, 5.41) is 8.73. The van der Waals surface area contributed by atoms with Gasteiger partial charge in [0.1, 0.15) is 0 Å². The first kappa shape index (κ1) is 15.3. The molecule has 0 bridgehead atoms. The first-order chi connectivity index (χ1) is 9.58. The van der Waals surface area contributed by atoms with Crippen molar-refractivity contribution in [2.75, 3.05) is 32.7 Å². The van der Waals surface area contributed by atoms with E-state index in [9.17, 15) is 4.79 Å². The summed E-state index contributed by atoms with van der Waals surface area (Å²) in [7, 11) is 0. The van der Waals surface area contributed by atoms with Crippen molar-refractivity contribution in [2.24, 2.45) is 5.92 Å². The number of rotatable bonds is 6. The quantitative estimate of drug-likeness (QED) is 0.734. The smallest absolute Gasteiger partial charge is 0.236 e. The highest BCUT2D eigenvalue weighted by molar-refractivity contribution is 5.78. The zero-order valence-corrected chi connectivity index (χ0v) is 12.5. The zero-order valence-electron chi connectivity index (χ0n) is 12.5. The number of amides is 1. The molecule has 1 aliphatic heterocycles. The molecular weight excluding hydrogens is 254 g/mol. The largest absolute Gasteiger partial charge is 0.372 e. The molecule has 0 radical (unpaired) electrons. The van der Waals surface area contributed by atoms with E-state index in [1.165, 1.54) is 12.8 Å². The summed E-state index contributed by atoms with van der Waals surface area (Å²) < 4.78 is 5.66. The first-order valence-electron chi connectivity index (χ1n) is 7.61. The number of nitriles is 1. The van der Waals surface area contributed by atoms with E-state index in [1.54, 1.807) is 0 Å². The monoisotopic (exact) mass is 279 g/mol. The van der Waals surface area contributed by atoms with Crippen molar-refractivity contribution < 1.29 is 9.53 Å². The highest BCUT2D eigenvalue weighted by Crippen LogP contribution is 2.29. The predicted molar refractivity (Wildman–Crippen MR) is 76.0 cm³/mol.